The van der Waals surface area contributed by atoms with Gasteiger partial charge in [0, 0.05) is 16.5 Å². The fraction of sp³-hybridized carbons (Fsp3) is 0.500. The molecular weight excluding hydrogens is 386 g/mol. The van der Waals surface area contributed by atoms with Crippen molar-refractivity contribution in [3.8, 4) is 5.75 Å². The number of carbonyl (C=O) groups is 1. The second-order valence-electron chi connectivity index (χ2n) is 8.96. The summed E-state index contributed by atoms with van der Waals surface area (Å²) in [5.74, 6) is -0.0651. The molecule has 0 spiro atoms. The monoisotopic (exact) mass is 417 g/mol. The molecule has 1 heterocycles. The van der Waals surface area contributed by atoms with E-state index >= 15 is 0 Å². The van der Waals surface area contributed by atoms with Crippen LogP contribution in [0.3, 0.4) is 0 Å². The summed E-state index contributed by atoms with van der Waals surface area (Å²) in [4.78, 5) is 15.9. The minimum Gasteiger partial charge on any atom is -0.507 e. The van der Waals surface area contributed by atoms with Gasteiger partial charge in [0.25, 0.3) is 0 Å². The summed E-state index contributed by atoms with van der Waals surface area (Å²) in [6.07, 6.45) is 1.74. The zero-order valence-corrected chi connectivity index (χ0v) is 19.1. The molecule has 2 aromatic rings. The lowest BCUT2D eigenvalue weighted by atomic mass is 9.79. The van der Waals surface area contributed by atoms with Crippen molar-refractivity contribution >= 4 is 28.7 Å². The van der Waals surface area contributed by atoms with Gasteiger partial charge in [0.1, 0.15) is 5.75 Å². The van der Waals surface area contributed by atoms with Gasteiger partial charge < -0.3 is 9.84 Å². The fourth-order valence-corrected chi connectivity index (χ4v) is 3.38. The van der Waals surface area contributed by atoms with Gasteiger partial charge >= 0.3 is 5.97 Å². The highest BCUT2D eigenvalue weighted by molar-refractivity contribution is 7.13. The molecule has 0 bridgehead atoms. The summed E-state index contributed by atoms with van der Waals surface area (Å²) in [6.45, 7) is 14.8. The molecule has 2 N–H and O–H groups in total. The number of hydrogen-bond acceptors (Lipinski definition) is 7. The number of esters is 1. The molecule has 1 aromatic heterocycles. The van der Waals surface area contributed by atoms with E-state index in [4.69, 9.17) is 4.74 Å². The second-order valence-corrected chi connectivity index (χ2v) is 9.82. The molecule has 0 atom stereocenters. The van der Waals surface area contributed by atoms with E-state index in [0.29, 0.717) is 23.0 Å². The first-order valence-electron chi connectivity index (χ1n) is 9.69. The van der Waals surface area contributed by atoms with Crippen molar-refractivity contribution in [1.82, 2.24) is 4.98 Å². The predicted molar refractivity (Wildman–Crippen MR) is 119 cm³/mol. The van der Waals surface area contributed by atoms with Gasteiger partial charge in [0.15, 0.2) is 0 Å². The number of benzene rings is 1. The Morgan fingerprint density at radius 2 is 1.93 bits per heavy atom. The van der Waals surface area contributed by atoms with Crippen molar-refractivity contribution < 1.29 is 14.6 Å². The summed E-state index contributed by atoms with van der Waals surface area (Å²) in [6, 6.07) is 4.03. The van der Waals surface area contributed by atoms with E-state index in [-0.39, 0.29) is 29.0 Å². The van der Waals surface area contributed by atoms with Crippen molar-refractivity contribution in [2.75, 3.05) is 12.0 Å². The first-order valence-corrected chi connectivity index (χ1v) is 10.6. The van der Waals surface area contributed by atoms with Gasteiger partial charge in [-0.25, -0.2) is 4.98 Å². The summed E-state index contributed by atoms with van der Waals surface area (Å²) in [5.41, 5.74) is 5.93. The van der Waals surface area contributed by atoms with Gasteiger partial charge in [-0.05, 0) is 29.4 Å². The number of ether oxygens (including phenoxy) is 1. The number of rotatable bonds is 6. The molecule has 6 nitrogen and oxygen atoms in total. The molecule has 0 fully saturated rings. The van der Waals surface area contributed by atoms with Crippen molar-refractivity contribution in [3.05, 3.63) is 39.9 Å². The summed E-state index contributed by atoms with van der Waals surface area (Å²) in [5, 5.41) is 17.4. The maximum atomic E-state index is 11.5. The van der Waals surface area contributed by atoms with Gasteiger partial charge in [0.05, 0.1) is 24.9 Å². The van der Waals surface area contributed by atoms with Crippen molar-refractivity contribution in [1.29, 1.82) is 0 Å². The standard InChI is InChI=1S/C22H31N3O3S/c1-8-28-18(26)11-16-13-29-20(24-16)25-23-12-14-9-15(21(2,3)4)10-17(19(14)27)22(5,6)7/h9-10,12-13,27H,8,11H2,1-7H3,(H,24,25). The summed E-state index contributed by atoms with van der Waals surface area (Å²) < 4.78 is 4.93. The number of hydrazone groups is 1. The number of thiazole rings is 1. The van der Waals surface area contributed by atoms with E-state index in [1.807, 2.05) is 6.07 Å². The number of aromatic nitrogens is 1. The molecule has 0 aliphatic heterocycles. The van der Waals surface area contributed by atoms with Gasteiger partial charge in [-0.3, -0.25) is 10.2 Å². The Balaban J connectivity index is 2.22. The third-order valence-electron chi connectivity index (χ3n) is 4.36. The first kappa shape index (κ1) is 22.9. The number of aromatic hydroxyl groups is 1. The summed E-state index contributed by atoms with van der Waals surface area (Å²) in [7, 11) is 0. The Hall–Kier alpha value is -2.41. The van der Waals surface area contributed by atoms with E-state index in [1.165, 1.54) is 11.3 Å². The molecule has 0 aliphatic rings. The van der Waals surface area contributed by atoms with Crippen LogP contribution in [0.5, 0.6) is 5.75 Å². The average molecular weight is 418 g/mol. The van der Waals surface area contributed by atoms with Crippen molar-refractivity contribution in [3.63, 3.8) is 0 Å². The Morgan fingerprint density at radius 1 is 1.24 bits per heavy atom. The number of anilines is 1. The fourth-order valence-electron chi connectivity index (χ4n) is 2.72. The third kappa shape index (κ3) is 6.29. The second kappa shape index (κ2) is 8.95. The minimum atomic E-state index is -0.300. The molecule has 2 rings (SSSR count). The maximum Gasteiger partial charge on any atom is 0.311 e. The lowest BCUT2D eigenvalue weighted by molar-refractivity contribution is -0.142. The van der Waals surface area contributed by atoms with Gasteiger partial charge in [-0.1, -0.05) is 47.6 Å². The molecule has 7 heteroatoms. The number of nitrogens with zero attached hydrogens (tertiary/aromatic N) is 2. The van der Waals surface area contributed by atoms with E-state index < -0.39 is 0 Å². The van der Waals surface area contributed by atoms with Crippen molar-refractivity contribution in [2.24, 2.45) is 5.10 Å². The molecular formula is C22H31N3O3S. The topological polar surface area (TPSA) is 83.8 Å². The van der Waals surface area contributed by atoms with Crippen LogP contribution < -0.4 is 5.43 Å². The number of nitrogens with one attached hydrogen (secondary N) is 1. The Labute approximate surface area is 177 Å². The van der Waals surface area contributed by atoms with Crippen LogP contribution >= 0.6 is 11.3 Å². The molecule has 0 aliphatic carbocycles. The highest BCUT2D eigenvalue weighted by Gasteiger charge is 2.24. The van der Waals surface area contributed by atoms with Crippen molar-refractivity contribution in [2.45, 2.75) is 65.7 Å². The minimum absolute atomic E-state index is 0.0545. The molecule has 0 amide bonds. The van der Waals surface area contributed by atoms with E-state index in [1.54, 1.807) is 18.5 Å². The van der Waals surface area contributed by atoms with Crippen LogP contribution in [0.4, 0.5) is 5.13 Å². The van der Waals surface area contributed by atoms with Crippen LogP contribution in [0.1, 0.15) is 70.9 Å². The first-order chi connectivity index (χ1) is 13.4. The normalized spacial score (nSPS) is 12.4. The molecule has 0 saturated carbocycles. The van der Waals surface area contributed by atoms with Gasteiger partial charge in [0.2, 0.25) is 5.13 Å². The number of hydrogen-bond donors (Lipinski definition) is 2. The lowest BCUT2D eigenvalue weighted by Crippen LogP contribution is -2.17. The Kier molecular flexibility index (Phi) is 7.06. The Bertz CT molecular complexity index is 890. The molecule has 1 aromatic carbocycles. The zero-order valence-electron chi connectivity index (χ0n) is 18.3. The molecule has 29 heavy (non-hydrogen) atoms. The molecule has 0 unspecified atom stereocenters. The molecule has 0 saturated heterocycles. The highest BCUT2D eigenvalue weighted by Crippen LogP contribution is 2.37. The number of phenolic OH excluding ortho intramolecular Hbond substituents is 1. The van der Waals surface area contributed by atoms with Crippen LogP contribution in [-0.2, 0) is 26.8 Å². The van der Waals surface area contributed by atoms with E-state index in [0.717, 1.165) is 11.1 Å². The largest absolute Gasteiger partial charge is 0.507 e. The number of carbonyl (C=O) groups excluding carboxylic acids is 1. The lowest BCUT2D eigenvalue weighted by Gasteiger charge is -2.26. The molecule has 0 radical (unpaired) electrons. The van der Waals surface area contributed by atoms with Gasteiger partial charge in [-0.2, -0.15) is 5.10 Å². The zero-order chi connectivity index (χ0) is 21.8. The van der Waals surface area contributed by atoms with Crippen LogP contribution in [0.15, 0.2) is 22.6 Å². The summed E-state index contributed by atoms with van der Waals surface area (Å²) >= 11 is 1.36. The van der Waals surface area contributed by atoms with Crippen LogP contribution in [0.25, 0.3) is 0 Å². The van der Waals surface area contributed by atoms with Crippen LogP contribution in [0.2, 0.25) is 0 Å². The Morgan fingerprint density at radius 3 is 2.52 bits per heavy atom. The van der Waals surface area contributed by atoms with Crippen LogP contribution in [-0.4, -0.2) is 28.9 Å². The third-order valence-corrected chi connectivity index (χ3v) is 5.16. The number of phenols is 1. The highest BCUT2D eigenvalue weighted by atomic mass is 32.1. The molecule has 158 valence electrons. The predicted octanol–water partition coefficient (Wildman–Crippen LogP) is 5.00. The van der Waals surface area contributed by atoms with E-state index in [2.05, 4.69) is 63.1 Å². The SMILES string of the molecule is CCOC(=O)Cc1csc(NN=Cc2cc(C(C)(C)C)cc(C(C)(C)C)c2O)n1. The van der Waals surface area contributed by atoms with Gasteiger partial charge in [-0.15, -0.1) is 11.3 Å². The maximum absolute atomic E-state index is 11.5. The van der Waals surface area contributed by atoms with E-state index in [9.17, 15) is 9.90 Å². The quantitative estimate of drug-likeness (QED) is 0.393. The smallest absolute Gasteiger partial charge is 0.311 e. The average Bonchev–Trinajstić information content (AvgIpc) is 3.01. The van der Waals surface area contributed by atoms with Crippen LogP contribution in [0, 0.1) is 0 Å².